The number of carbonyl (C=O) groups excluding carboxylic acids is 1. The van der Waals surface area contributed by atoms with Crippen LogP contribution < -0.4 is 5.56 Å². The largest absolute Gasteiger partial charge is 0.341 e. The molecule has 1 saturated heterocycles. The van der Waals surface area contributed by atoms with Gasteiger partial charge in [0.1, 0.15) is 17.2 Å². The lowest BCUT2D eigenvalue weighted by Crippen LogP contribution is -2.42. The summed E-state index contributed by atoms with van der Waals surface area (Å²) < 4.78 is 14.6. The second-order valence-electron chi connectivity index (χ2n) is 7.10. The zero-order valence-corrected chi connectivity index (χ0v) is 15.8. The molecule has 1 aromatic carbocycles. The molecule has 0 radical (unpaired) electrons. The molecule has 1 amide bonds. The van der Waals surface area contributed by atoms with E-state index in [2.05, 4.69) is 11.9 Å². The van der Waals surface area contributed by atoms with Gasteiger partial charge in [0, 0.05) is 24.0 Å². The second kappa shape index (κ2) is 7.23. The second-order valence-corrected chi connectivity index (χ2v) is 7.96. The lowest BCUT2D eigenvalue weighted by molar-refractivity contribution is -0.133. The van der Waals surface area contributed by atoms with Crippen LogP contribution >= 0.6 is 11.3 Å². The van der Waals surface area contributed by atoms with Crippen molar-refractivity contribution in [3.63, 3.8) is 0 Å². The van der Waals surface area contributed by atoms with E-state index in [1.807, 2.05) is 10.3 Å². The molecule has 1 unspecified atom stereocenters. The molecule has 5 nitrogen and oxygen atoms in total. The van der Waals surface area contributed by atoms with Gasteiger partial charge in [-0.2, -0.15) is 0 Å². The molecule has 1 atom stereocenters. The van der Waals surface area contributed by atoms with Gasteiger partial charge in [0.15, 0.2) is 0 Å². The molecule has 7 heteroatoms. The summed E-state index contributed by atoms with van der Waals surface area (Å²) >= 11 is 1.37. The Morgan fingerprint density at radius 2 is 2.11 bits per heavy atom. The summed E-state index contributed by atoms with van der Waals surface area (Å²) in [7, 11) is 0. The first-order chi connectivity index (χ1) is 13.0. The molecule has 0 N–H and O–H groups in total. The summed E-state index contributed by atoms with van der Waals surface area (Å²) in [4.78, 5) is 32.5. The molecule has 0 bridgehead atoms. The van der Waals surface area contributed by atoms with Gasteiger partial charge in [0.25, 0.3) is 5.56 Å². The van der Waals surface area contributed by atoms with Crippen LogP contribution in [0.1, 0.15) is 19.8 Å². The minimum Gasteiger partial charge on any atom is -0.341 e. The number of hydrogen-bond donors (Lipinski definition) is 0. The molecule has 1 aliphatic rings. The number of thiophene rings is 1. The Morgan fingerprint density at radius 3 is 2.85 bits per heavy atom. The number of likely N-dealkylation sites (tertiary alicyclic amines) is 1. The van der Waals surface area contributed by atoms with Crippen molar-refractivity contribution >= 4 is 27.5 Å². The fourth-order valence-electron chi connectivity index (χ4n) is 3.58. The van der Waals surface area contributed by atoms with E-state index < -0.39 is 0 Å². The third-order valence-corrected chi connectivity index (χ3v) is 5.92. The summed E-state index contributed by atoms with van der Waals surface area (Å²) in [6.07, 6.45) is 3.58. The Labute approximate surface area is 160 Å². The predicted octanol–water partition coefficient (Wildman–Crippen LogP) is 3.52. The standard InChI is InChI=1S/C20H20FN3O2S/c1-13-3-2-8-23(9-13)17(25)10-24-12-22-19-18(20(24)26)16(11-27-19)14-4-6-15(21)7-5-14/h4-7,11-13H,2-3,8-10H2,1H3. The van der Waals surface area contributed by atoms with Crippen molar-refractivity contribution in [2.24, 2.45) is 5.92 Å². The van der Waals surface area contributed by atoms with Crippen molar-refractivity contribution in [2.45, 2.75) is 26.3 Å². The van der Waals surface area contributed by atoms with Crippen molar-refractivity contribution in [3.8, 4) is 11.1 Å². The van der Waals surface area contributed by atoms with Crippen LogP contribution in [0, 0.1) is 11.7 Å². The van der Waals surface area contributed by atoms with Gasteiger partial charge < -0.3 is 4.90 Å². The van der Waals surface area contributed by atoms with Crippen molar-refractivity contribution in [1.82, 2.24) is 14.5 Å². The molecule has 3 aromatic rings. The maximum absolute atomic E-state index is 13.2. The van der Waals surface area contributed by atoms with Crippen LogP contribution in [-0.2, 0) is 11.3 Å². The third kappa shape index (κ3) is 3.51. The van der Waals surface area contributed by atoms with Gasteiger partial charge in [-0.05, 0) is 36.5 Å². The molecule has 140 valence electrons. The SMILES string of the molecule is CC1CCCN(C(=O)Cn2cnc3scc(-c4ccc(F)cc4)c3c2=O)C1. The van der Waals surface area contributed by atoms with Gasteiger partial charge in [-0.3, -0.25) is 14.2 Å². The quantitative estimate of drug-likeness (QED) is 0.693. The van der Waals surface area contributed by atoms with Crippen LogP contribution in [-0.4, -0.2) is 33.4 Å². The Kier molecular flexibility index (Phi) is 4.78. The first kappa shape index (κ1) is 17.9. The van der Waals surface area contributed by atoms with Crippen LogP contribution in [0.5, 0.6) is 0 Å². The fourth-order valence-corrected chi connectivity index (χ4v) is 4.49. The summed E-state index contributed by atoms with van der Waals surface area (Å²) in [5, 5.41) is 2.33. The highest BCUT2D eigenvalue weighted by Crippen LogP contribution is 2.30. The lowest BCUT2D eigenvalue weighted by atomic mass is 10.0. The van der Waals surface area contributed by atoms with E-state index in [1.165, 1.54) is 34.4 Å². The molecule has 0 aliphatic carbocycles. The summed E-state index contributed by atoms with van der Waals surface area (Å²) in [5.41, 5.74) is 1.25. The number of nitrogens with zero attached hydrogens (tertiary/aromatic N) is 3. The summed E-state index contributed by atoms with van der Waals surface area (Å²) in [6.45, 7) is 3.61. The number of hydrogen-bond acceptors (Lipinski definition) is 4. The van der Waals surface area contributed by atoms with E-state index in [9.17, 15) is 14.0 Å². The number of carbonyl (C=O) groups is 1. The number of aromatic nitrogens is 2. The van der Waals surface area contributed by atoms with Crippen LogP contribution in [0.2, 0.25) is 0 Å². The number of piperidine rings is 1. The molecule has 1 aliphatic heterocycles. The summed E-state index contributed by atoms with van der Waals surface area (Å²) in [5.74, 6) is 0.112. The molecule has 4 rings (SSSR count). The topological polar surface area (TPSA) is 55.2 Å². The number of amides is 1. The lowest BCUT2D eigenvalue weighted by Gasteiger charge is -2.31. The van der Waals surface area contributed by atoms with E-state index in [0.717, 1.165) is 37.1 Å². The minimum absolute atomic E-state index is 0.00675. The average Bonchev–Trinajstić information content (AvgIpc) is 3.09. The van der Waals surface area contributed by atoms with Crippen molar-refractivity contribution in [3.05, 3.63) is 52.1 Å². The Hall–Kier alpha value is -2.54. The van der Waals surface area contributed by atoms with Gasteiger partial charge in [-0.25, -0.2) is 9.37 Å². The maximum Gasteiger partial charge on any atom is 0.263 e. The highest BCUT2D eigenvalue weighted by Gasteiger charge is 2.22. The summed E-state index contributed by atoms with van der Waals surface area (Å²) in [6, 6.07) is 6.03. The number of rotatable bonds is 3. The fraction of sp³-hybridized carbons (Fsp3) is 0.350. The van der Waals surface area contributed by atoms with Crippen molar-refractivity contribution in [1.29, 1.82) is 0 Å². The number of halogens is 1. The van der Waals surface area contributed by atoms with Crippen LogP contribution in [0.4, 0.5) is 4.39 Å². The van der Waals surface area contributed by atoms with Gasteiger partial charge in [-0.15, -0.1) is 11.3 Å². The predicted molar refractivity (Wildman–Crippen MR) is 104 cm³/mol. The van der Waals surface area contributed by atoms with E-state index in [0.29, 0.717) is 16.1 Å². The Balaban J connectivity index is 1.67. The Bertz CT molecular complexity index is 1040. The molecular weight excluding hydrogens is 365 g/mol. The molecular formula is C20H20FN3O2S. The van der Waals surface area contributed by atoms with Crippen LogP contribution in [0.25, 0.3) is 21.3 Å². The molecule has 0 saturated carbocycles. The zero-order chi connectivity index (χ0) is 19.0. The third-order valence-electron chi connectivity index (χ3n) is 5.03. The molecule has 0 spiro atoms. The van der Waals surface area contributed by atoms with Gasteiger partial charge in [-0.1, -0.05) is 19.1 Å². The molecule has 2 aromatic heterocycles. The zero-order valence-electron chi connectivity index (χ0n) is 15.0. The maximum atomic E-state index is 13.2. The highest BCUT2D eigenvalue weighted by molar-refractivity contribution is 7.17. The van der Waals surface area contributed by atoms with E-state index in [1.54, 1.807) is 12.1 Å². The van der Waals surface area contributed by atoms with E-state index in [4.69, 9.17) is 0 Å². The van der Waals surface area contributed by atoms with Crippen LogP contribution in [0.3, 0.4) is 0 Å². The van der Waals surface area contributed by atoms with Gasteiger partial charge >= 0.3 is 0 Å². The first-order valence-corrected chi connectivity index (χ1v) is 9.91. The normalized spacial score (nSPS) is 17.4. The van der Waals surface area contributed by atoms with Gasteiger partial charge in [0.05, 0.1) is 11.7 Å². The van der Waals surface area contributed by atoms with Crippen LogP contribution in [0.15, 0.2) is 40.8 Å². The van der Waals surface area contributed by atoms with E-state index >= 15 is 0 Å². The first-order valence-electron chi connectivity index (χ1n) is 9.03. The number of benzene rings is 1. The number of fused-ring (bicyclic) bond motifs is 1. The highest BCUT2D eigenvalue weighted by atomic mass is 32.1. The monoisotopic (exact) mass is 385 g/mol. The Morgan fingerprint density at radius 1 is 1.33 bits per heavy atom. The molecule has 1 fully saturated rings. The molecule has 27 heavy (non-hydrogen) atoms. The van der Waals surface area contributed by atoms with Crippen molar-refractivity contribution < 1.29 is 9.18 Å². The molecule has 3 heterocycles. The van der Waals surface area contributed by atoms with E-state index in [-0.39, 0.29) is 23.8 Å². The van der Waals surface area contributed by atoms with Crippen molar-refractivity contribution in [2.75, 3.05) is 13.1 Å². The average molecular weight is 385 g/mol. The smallest absolute Gasteiger partial charge is 0.263 e. The minimum atomic E-state index is -0.324. The van der Waals surface area contributed by atoms with Gasteiger partial charge in [0.2, 0.25) is 5.91 Å².